The molecule has 1 heterocycles. The number of aryl methyl sites for hydroxylation is 1. The number of nitrogens with one attached hydrogen (secondary N) is 1. The molecular formula is C11H21N3O. The fourth-order valence-electron chi connectivity index (χ4n) is 1.53. The number of aromatic nitrogens is 2. The van der Waals surface area contributed by atoms with E-state index in [1.807, 2.05) is 19.3 Å². The summed E-state index contributed by atoms with van der Waals surface area (Å²) in [6, 6.07) is 0. The van der Waals surface area contributed by atoms with Crippen LogP contribution in [0.4, 0.5) is 0 Å². The van der Waals surface area contributed by atoms with Crippen LogP contribution in [0.15, 0.2) is 12.4 Å². The van der Waals surface area contributed by atoms with E-state index in [0.29, 0.717) is 0 Å². The molecule has 15 heavy (non-hydrogen) atoms. The molecule has 4 heteroatoms. The second-order valence-electron chi connectivity index (χ2n) is 3.53. The molecule has 0 aliphatic carbocycles. The smallest absolute Gasteiger partial charge is 0.122 e. The molecular weight excluding hydrogens is 190 g/mol. The van der Waals surface area contributed by atoms with Gasteiger partial charge >= 0.3 is 0 Å². The first-order chi connectivity index (χ1) is 7.27. The molecule has 1 aromatic heterocycles. The zero-order chi connectivity index (χ0) is 11.1. The van der Waals surface area contributed by atoms with Crippen LogP contribution in [0.25, 0.3) is 0 Å². The Morgan fingerprint density at radius 1 is 1.53 bits per heavy atom. The Balaban J connectivity index is 2.25. The van der Waals surface area contributed by atoms with Crippen LogP contribution in [0.2, 0.25) is 0 Å². The monoisotopic (exact) mass is 211 g/mol. The molecule has 1 N–H and O–H groups in total. The number of rotatable bonds is 7. The van der Waals surface area contributed by atoms with Gasteiger partial charge in [0.15, 0.2) is 0 Å². The molecule has 0 fully saturated rings. The van der Waals surface area contributed by atoms with Crippen LogP contribution in [0, 0.1) is 0 Å². The molecule has 1 aromatic rings. The van der Waals surface area contributed by atoms with Crippen LogP contribution in [0.5, 0.6) is 0 Å². The van der Waals surface area contributed by atoms with Crippen molar-refractivity contribution in [1.29, 1.82) is 0 Å². The minimum absolute atomic E-state index is 0.264. The summed E-state index contributed by atoms with van der Waals surface area (Å²) < 4.78 is 7.57. The Morgan fingerprint density at radius 2 is 2.33 bits per heavy atom. The van der Waals surface area contributed by atoms with Gasteiger partial charge in [0.1, 0.15) is 5.82 Å². The van der Waals surface area contributed by atoms with E-state index in [1.54, 1.807) is 0 Å². The standard InChI is InChI=1S/C11H21N3O/c1-4-14-7-6-13-11(14)9-12-8-10(3)15-5-2/h6-7,10,12H,4-5,8-9H2,1-3H3. The number of ether oxygens (including phenoxy) is 1. The van der Waals surface area contributed by atoms with Gasteiger partial charge in [-0.2, -0.15) is 0 Å². The van der Waals surface area contributed by atoms with Crippen LogP contribution in [0.3, 0.4) is 0 Å². The van der Waals surface area contributed by atoms with Gasteiger partial charge in [0.05, 0.1) is 12.6 Å². The minimum atomic E-state index is 0.264. The Hall–Kier alpha value is -0.870. The third kappa shape index (κ3) is 4.01. The molecule has 0 bridgehead atoms. The average Bonchev–Trinajstić information content (AvgIpc) is 2.66. The Bertz CT molecular complexity index is 273. The molecule has 0 aromatic carbocycles. The van der Waals surface area contributed by atoms with E-state index in [2.05, 4.69) is 28.7 Å². The second kappa shape index (κ2) is 6.58. The first-order valence-corrected chi connectivity index (χ1v) is 5.60. The van der Waals surface area contributed by atoms with Crippen molar-refractivity contribution in [2.24, 2.45) is 0 Å². The summed E-state index contributed by atoms with van der Waals surface area (Å²) >= 11 is 0. The van der Waals surface area contributed by atoms with E-state index < -0.39 is 0 Å². The molecule has 0 radical (unpaired) electrons. The fourth-order valence-corrected chi connectivity index (χ4v) is 1.53. The topological polar surface area (TPSA) is 39.1 Å². The molecule has 4 nitrogen and oxygen atoms in total. The zero-order valence-corrected chi connectivity index (χ0v) is 9.86. The Morgan fingerprint density at radius 3 is 3.00 bits per heavy atom. The highest BCUT2D eigenvalue weighted by molar-refractivity contribution is 4.91. The zero-order valence-electron chi connectivity index (χ0n) is 9.86. The SMILES string of the molecule is CCOC(C)CNCc1nccn1CC. The van der Waals surface area contributed by atoms with Gasteiger partial charge in [0.2, 0.25) is 0 Å². The largest absolute Gasteiger partial charge is 0.377 e. The van der Waals surface area contributed by atoms with Crippen molar-refractivity contribution in [3.63, 3.8) is 0 Å². The molecule has 1 rings (SSSR count). The number of nitrogens with zero attached hydrogens (tertiary/aromatic N) is 2. The summed E-state index contributed by atoms with van der Waals surface area (Å²) in [4.78, 5) is 4.29. The first kappa shape index (κ1) is 12.2. The first-order valence-electron chi connectivity index (χ1n) is 5.60. The van der Waals surface area contributed by atoms with Crippen LogP contribution in [-0.4, -0.2) is 28.8 Å². The Kier molecular flexibility index (Phi) is 5.36. The maximum absolute atomic E-state index is 5.43. The molecule has 0 saturated heterocycles. The second-order valence-corrected chi connectivity index (χ2v) is 3.53. The molecule has 0 aliphatic rings. The summed E-state index contributed by atoms with van der Waals surface area (Å²) in [6.45, 7) is 9.62. The van der Waals surface area contributed by atoms with E-state index in [1.165, 1.54) is 0 Å². The normalized spacial score (nSPS) is 13.0. The molecule has 0 aliphatic heterocycles. The van der Waals surface area contributed by atoms with Crippen LogP contribution >= 0.6 is 0 Å². The predicted octanol–water partition coefficient (Wildman–Crippen LogP) is 1.42. The van der Waals surface area contributed by atoms with E-state index in [9.17, 15) is 0 Å². The average molecular weight is 211 g/mol. The van der Waals surface area contributed by atoms with E-state index in [0.717, 1.165) is 32.1 Å². The Labute approximate surface area is 91.7 Å². The maximum atomic E-state index is 5.43. The molecule has 1 unspecified atom stereocenters. The van der Waals surface area contributed by atoms with Crippen molar-refractivity contribution in [1.82, 2.24) is 14.9 Å². The van der Waals surface area contributed by atoms with Crippen molar-refractivity contribution in [2.75, 3.05) is 13.2 Å². The van der Waals surface area contributed by atoms with Gasteiger partial charge in [-0.3, -0.25) is 0 Å². The summed E-state index contributed by atoms with van der Waals surface area (Å²) in [6.07, 6.45) is 4.11. The molecule has 0 saturated carbocycles. The van der Waals surface area contributed by atoms with Gasteiger partial charge in [-0.25, -0.2) is 4.98 Å². The third-order valence-corrected chi connectivity index (χ3v) is 2.31. The van der Waals surface area contributed by atoms with Crippen LogP contribution in [-0.2, 0) is 17.8 Å². The lowest BCUT2D eigenvalue weighted by Gasteiger charge is -2.12. The van der Waals surface area contributed by atoms with Crippen molar-refractivity contribution in [3.8, 4) is 0 Å². The third-order valence-electron chi connectivity index (χ3n) is 2.31. The van der Waals surface area contributed by atoms with Crippen LogP contribution < -0.4 is 5.32 Å². The minimum Gasteiger partial charge on any atom is -0.377 e. The van der Waals surface area contributed by atoms with Gasteiger partial charge in [-0.05, 0) is 20.8 Å². The van der Waals surface area contributed by atoms with Gasteiger partial charge in [-0.1, -0.05) is 0 Å². The van der Waals surface area contributed by atoms with Crippen molar-refractivity contribution >= 4 is 0 Å². The van der Waals surface area contributed by atoms with Gasteiger partial charge in [0, 0.05) is 32.1 Å². The molecule has 1 atom stereocenters. The highest BCUT2D eigenvalue weighted by Crippen LogP contribution is 1.97. The van der Waals surface area contributed by atoms with Crippen LogP contribution in [0.1, 0.15) is 26.6 Å². The highest BCUT2D eigenvalue weighted by Gasteiger charge is 2.03. The quantitative estimate of drug-likeness (QED) is 0.741. The number of hydrogen-bond donors (Lipinski definition) is 1. The lowest BCUT2D eigenvalue weighted by atomic mass is 10.4. The number of imidazole rings is 1. The van der Waals surface area contributed by atoms with E-state index >= 15 is 0 Å². The van der Waals surface area contributed by atoms with E-state index in [4.69, 9.17) is 4.74 Å². The lowest BCUT2D eigenvalue weighted by molar-refractivity contribution is 0.0757. The van der Waals surface area contributed by atoms with E-state index in [-0.39, 0.29) is 6.10 Å². The summed E-state index contributed by atoms with van der Waals surface area (Å²) in [5.74, 6) is 1.08. The summed E-state index contributed by atoms with van der Waals surface area (Å²) in [7, 11) is 0. The van der Waals surface area contributed by atoms with Gasteiger partial charge in [-0.15, -0.1) is 0 Å². The van der Waals surface area contributed by atoms with Crippen molar-refractivity contribution in [2.45, 2.75) is 40.0 Å². The van der Waals surface area contributed by atoms with Gasteiger partial charge in [0.25, 0.3) is 0 Å². The molecule has 86 valence electrons. The summed E-state index contributed by atoms with van der Waals surface area (Å²) in [5, 5.41) is 3.34. The summed E-state index contributed by atoms with van der Waals surface area (Å²) in [5.41, 5.74) is 0. The van der Waals surface area contributed by atoms with Crippen molar-refractivity contribution in [3.05, 3.63) is 18.2 Å². The molecule has 0 amide bonds. The molecule has 0 spiro atoms. The maximum Gasteiger partial charge on any atom is 0.122 e. The predicted molar refractivity (Wildman–Crippen MR) is 60.7 cm³/mol. The fraction of sp³-hybridized carbons (Fsp3) is 0.727. The van der Waals surface area contributed by atoms with Gasteiger partial charge < -0.3 is 14.6 Å². The number of hydrogen-bond acceptors (Lipinski definition) is 3. The lowest BCUT2D eigenvalue weighted by Crippen LogP contribution is -2.27. The highest BCUT2D eigenvalue weighted by atomic mass is 16.5. The van der Waals surface area contributed by atoms with Crippen molar-refractivity contribution < 1.29 is 4.74 Å².